The van der Waals surface area contributed by atoms with Crippen LogP contribution in [0.5, 0.6) is 0 Å². The lowest BCUT2D eigenvalue weighted by molar-refractivity contribution is 0.460. The molecule has 0 bridgehead atoms. The van der Waals surface area contributed by atoms with Crippen LogP contribution in [-0.4, -0.2) is 19.9 Å². The zero-order valence-corrected chi connectivity index (χ0v) is 13.3. The largest absolute Gasteiger partial charge is 0.440 e. The van der Waals surface area contributed by atoms with Gasteiger partial charge in [-0.15, -0.1) is 0 Å². The highest BCUT2D eigenvalue weighted by molar-refractivity contribution is 7.98. The Morgan fingerprint density at radius 3 is 2.91 bits per heavy atom. The van der Waals surface area contributed by atoms with Crippen molar-refractivity contribution in [3.63, 3.8) is 0 Å². The van der Waals surface area contributed by atoms with Gasteiger partial charge in [-0.05, 0) is 12.1 Å². The summed E-state index contributed by atoms with van der Waals surface area (Å²) >= 11 is 7.19. The van der Waals surface area contributed by atoms with Gasteiger partial charge in [0, 0.05) is 10.6 Å². The van der Waals surface area contributed by atoms with Gasteiger partial charge in [0.2, 0.25) is 11.8 Å². The number of hydrogen-bond donors (Lipinski definition) is 1. The number of rotatable bonds is 5. The second kappa shape index (κ2) is 6.93. The molecule has 118 valence electrons. The van der Waals surface area contributed by atoms with Gasteiger partial charge in [0.25, 0.3) is 0 Å². The summed E-state index contributed by atoms with van der Waals surface area (Å²) in [6, 6.07) is 7.29. The van der Waals surface area contributed by atoms with E-state index < -0.39 is 6.67 Å². The first kappa shape index (κ1) is 15.7. The minimum atomic E-state index is -0.793. The number of nitrogens with two attached hydrogens (primary N) is 1. The van der Waals surface area contributed by atoms with E-state index in [9.17, 15) is 4.39 Å². The quantitative estimate of drug-likeness (QED) is 0.703. The topological polar surface area (TPSA) is 90.7 Å². The van der Waals surface area contributed by atoms with Gasteiger partial charge >= 0.3 is 0 Å². The zero-order valence-electron chi connectivity index (χ0n) is 11.7. The first-order valence-electron chi connectivity index (χ1n) is 6.54. The molecule has 9 heteroatoms. The number of anilines is 1. The van der Waals surface area contributed by atoms with Crippen LogP contribution in [0.4, 0.5) is 10.3 Å². The van der Waals surface area contributed by atoms with Crippen LogP contribution in [0, 0.1) is 0 Å². The average Bonchev–Trinajstić information content (AvgIpc) is 3.01. The van der Waals surface area contributed by atoms with Crippen molar-refractivity contribution < 1.29 is 8.81 Å². The molecule has 2 N–H and O–H groups in total. The van der Waals surface area contributed by atoms with E-state index in [4.69, 9.17) is 21.8 Å². The molecule has 3 rings (SSSR count). The third kappa shape index (κ3) is 3.96. The number of aromatic nitrogens is 4. The predicted molar refractivity (Wildman–Crippen MR) is 85.6 cm³/mol. The predicted octanol–water partition coefficient (Wildman–Crippen LogP) is 3.52. The molecule has 2 heterocycles. The van der Waals surface area contributed by atoms with E-state index >= 15 is 0 Å². The molecule has 1 aromatic carbocycles. The molecule has 0 aliphatic rings. The van der Waals surface area contributed by atoms with E-state index in [1.807, 2.05) is 12.1 Å². The maximum Gasteiger partial charge on any atom is 0.224 e. The minimum absolute atomic E-state index is 0.00650. The maximum absolute atomic E-state index is 12.6. The van der Waals surface area contributed by atoms with Gasteiger partial charge < -0.3 is 10.2 Å². The smallest absolute Gasteiger partial charge is 0.224 e. The molecular weight excluding hydrogens is 341 g/mol. The van der Waals surface area contributed by atoms with Crippen LogP contribution in [0.1, 0.15) is 11.7 Å². The zero-order chi connectivity index (χ0) is 16.2. The number of nitrogens with zero attached hydrogens (tertiary/aromatic N) is 4. The van der Waals surface area contributed by atoms with E-state index in [-0.39, 0.29) is 11.8 Å². The van der Waals surface area contributed by atoms with Crippen LogP contribution in [0.3, 0.4) is 0 Å². The SMILES string of the molecule is Nc1nc(CF)nc(SCc2ncc(-c3cccc(Cl)c3)o2)n1. The van der Waals surface area contributed by atoms with Gasteiger partial charge in [0.15, 0.2) is 16.7 Å². The monoisotopic (exact) mass is 351 g/mol. The molecule has 2 aromatic heterocycles. The van der Waals surface area contributed by atoms with Crippen molar-refractivity contribution in [1.29, 1.82) is 0 Å². The maximum atomic E-state index is 12.6. The molecule has 0 spiro atoms. The summed E-state index contributed by atoms with van der Waals surface area (Å²) in [5, 5.41) is 0.946. The number of halogens is 2. The number of alkyl halides is 1. The van der Waals surface area contributed by atoms with Gasteiger partial charge in [-0.1, -0.05) is 35.5 Å². The molecule has 0 fully saturated rings. The highest BCUT2D eigenvalue weighted by Gasteiger charge is 2.10. The molecule has 0 aliphatic heterocycles. The molecule has 0 atom stereocenters. The average molecular weight is 352 g/mol. The Labute approximate surface area is 140 Å². The summed E-state index contributed by atoms with van der Waals surface area (Å²) in [4.78, 5) is 15.8. The first-order valence-corrected chi connectivity index (χ1v) is 7.90. The lowest BCUT2D eigenvalue weighted by atomic mass is 10.2. The van der Waals surface area contributed by atoms with Crippen LogP contribution in [0.2, 0.25) is 5.02 Å². The highest BCUT2D eigenvalue weighted by Crippen LogP contribution is 2.26. The Bertz CT molecular complexity index is 828. The fraction of sp³-hybridized carbons (Fsp3) is 0.143. The summed E-state index contributed by atoms with van der Waals surface area (Å²) in [6.07, 6.45) is 1.62. The number of thioether (sulfide) groups is 1. The summed E-state index contributed by atoms with van der Waals surface area (Å²) in [7, 11) is 0. The number of oxazole rings is 1. The first-order chi connectivity index (χ1) is 11.1. The molecular formula is C14H11ClFN5OS. The molecule has 0 unspecified atom stereocenters. The van der Waals surface area contributed by atoms with Crippen molar-refractivity contribution in [2.24, 2.45) is 0 Å². The number of benzene rings is 1. The van der Waals surface area contributed by atoms with Crippen LogP contribution >= 0.6 is 23.4 Å². The standard InChI is InChI=1S/C14H11ClFN5OS/c15-9-3-1-2-8(4-9)10-6-18-12(22-10)7-23-14-20-11(5-16)19-13(17)21-14/h1-4,6H,5,7H2,(H2,17,19,20,21). The minimum Gasteiger partial charge on any atom is -0.440 e. The van der Waals surface area contributed by atoms with E-state index in [0.29, 0.717) is 27.6 Å². The molecule has 0 saturated heterocycles. The van der Waals surface area contributed by atoms with Crippen LogP contribution in [0.15, 0.2) is 40.0 Å². The van der Waals surface area contributed by atoms with E-state index in [2.05, 4.69) is 19.9 Å². The second-order valence-electron chi connectivity index (χ2n) is 4.44. The summed E-state index contributed by atoms with van der Waals surface area (Å²) in [5.41, 5.74) is 6.34. The van der Waals surface area contributed by atoms with Crippen LogP contribution < -0.4 is 5.73 Å². The summed E-state index contributed by atoms with van der Waals surface area (Å²) in [6.45, 7) is -0.793. The fourth-order valence-corrected chi connectivity index (χ4v) is 2.72. The molecule has 0 saturated carbocycles. The Morgan fingerprint density at radius 2 is 2.13 bits per heavy atom. The Balaban J connectivity index is 1.71. The lowest BCUT2D eigenvalue weighted by Gasteiger charge is -2.01. The number of hydrogen-bond acceptors (Lipinski definition) is 7. The van der Waals surface area contributed by atoms with Crippen molar-refractivity contribution in [1.82, 2.24) is 19.9 Å². The van der Waals surface area contributed by atoms with Crippen molar-refractivity contribution in [3.8, 4) is 11.3 Å². The molecule has 23 heavy (non-hydrogen) atoms. The van der Waals surface area contributed by atoms with E-state index in [1.54, 1.807) is 18.3 Å². The Hall–Kier alpha value is -2.19. The fourth-order valence-electron chi connectivity index (χ4n) is 1.82. The molecule has 0 amide bonds. The van der Waals surface area contributed by atoms with E-state index in [0.717, 1.165) is 5.56 Å². The second-order valence-corrected chi connectivity index (χ2v) is 5.82. The highest BCUT2D eigenvalue weighted by atomic mass is 35.5. The third-order valence-corrected chi connectivity index (χ3v) is 3.85. The number of nitrogen functional groups attached to an aromatic ring is 1. The summed E-state index contributed by atoms with van der Waals surface area (Å²) < 4.78 is 18.3. The van der Waals surface area contributed by atoms with Gasteiger partial charge in [-0.3, -0.25) is 0 Å². The Morgan fingerprint density at radius 1 is 1.26 bits per heavy atom. The molecule has 3 aromatic rings. The normalized spacial score (nSPS) is 10.9. The molecule has 0 aliphatic carbocycles. The molecule has 6 nitrogen and oxygen atoms in total. The van der Waals surface area contributed by atoms with Crippen molar-refractivity contribution >= 4 is 29.3 Å². The van der Waals surface area contributed by atoms with Crippen molar-refractivity contribution in [2.75, 3.05) is 5.73 Å². The third-order valence-electron chi connectivity index (χ3n) is 2.79. The van der Waals surface area contributed by atoms with Crippen LogP contribution in [-0.2, 0) is 12.4 Å². The Kier molecular flexibility index (Phi) is 4.73. The van der Waals surface area contributed by atoms with Crippen molar-refractivity contribution in [2.45, 2.75) is 17.6 Å². The van der Waals surface area contributed by atoms with Gasteiger partial charge in [-0.2, -0.15) is 9.97 Å². The van der Waals surface area contributed by atoms with E-state index in [1.165, 1.54) is 11.8 Å². The van der Waals surface area contributed by atoms with Gasteiger partial charge in [0.1, 0.15) is 6.67 Å². The van der Waals surface area contributed by atoms with Gasteiger partial charge in [0.05, 0.1) is 11.9 Å². The lowest BCUT2D eigenvalue weighted by Crippen LogP contribution is -2.03. The van der Waals surface area contributed by atoms with Gasteiger partial charge in [-0.25, -0.2) is 14.4 Å². The summed E-state index contributed by atoms with van der Waals surface area (Å²) in [5.74, 6) is 1.48. The van der Waals surface area contributed by atoms with Crippen molar-refractivity contribution in [3.05, 3.63) is 47.2 Å². The molecule has 0 radical (unpaired) electrons. The van der Waals surface area contributed by atoms with Crippen LogP contribution in [0.25, 0.3) is 11.3 Å².